The highest BCUT2D eigenvalue weighted by molar-refractivity contribution is 9.10. The lowest BCUT2D eigenvalue weighted by Crippen LogP contribution is -2.33. The number of hydrogen-bond acceptors (Lipinski definition) is 7. The molecule has 2 aliphatic heterocycles. The van der Waals surface area contributed by atoms with Crippen LogP contribution in [0.3, 0.4) is 0 Å². The lowest BCUT2D eigenvalue weighted by molar-refractivity contribution is 0.174. The van der Waals surface area contributed by atoms with Crippen molar-refractivity contribution in [2.75, 3.05) is 6.79 Å². The Labute approximate surface area is 191 Å². The molecule has 160 valence electrons. The molecular formula is C23H17BrN4O4. The summed E-state index contributed by atoms with van der Waals surface area (Å²) >= 11 is 3.56. The van der Waals surface area contributed by atoms with Crippen molar-refractivity contribution < 1.29 is 14.2 Å². The number of rotatable bonds is 3. The quantitative estimate of drug-likeness (QED) is 0.596. The van der Waals surface area contributed by atoms with E-state index in [1.807, 2.05) is 19.1 Å². The molecule has 0 spiro atoms. The SMILES string of the molecule is Cc1cc2c(c(=O)n1Cc1cccnc1)C(c1cc3c(cc1Br)OCO3)C(C#N)=C(N)O2. The lowest BCUT2D eigenvalue weighted by Gasteiger charge is -2.28. The normalized spacial score (nSPS) is 16.3. The van der Waals surface area contributed by atoms with Crippen LogP contribution in [0.25, 0.3) is 0 Å². The van der Waals surface area contributed by atoms with Crippen LogP contribution in [-0.2, 0) is 6.54 Å². The van der Waals surface area contributed by atoms with Crippen molar-refractivity contribution in [3.63, 3.8) is 0 Å². The van der Waals surface area contributed by atoms with Crippen LogP contribution < -0.4 is 25.5 Å². The molecule has 0 amide bonds. The average molecular weight is 493 g/mol. The van der Waals surface area contributed by atoms with Gasteiger partial charge in [-0.05, 0) is 36.2 Å². The number of ether oxygens (including phenoxy) is 3. The minimum atomic E-state index is -0.735. The Morgan fingerprint density at radius 3 is 2.78 bits per heavy atom. The zero-order valence-corrected chi connectivity index (χ0v) is 18.5. The minimum absolute atomic E-state index is 0.0293. The van der Waals surface area contributed by atoms with Gasteiger partial charge in [-0.3, -0.25) is 9.78 Å². The first-order valence-electron chi connectivity index (χ1n) is 9.77. The minimum Gasteiger partial charge on any atom is -0.454 e. The average Bonchev–Trinajstić information content (AvgIpc) is 3.23. The molecule has 0 bridgehead atoms. The monoisotopic (exact) mass is 492 g/mol. The molecule has 2 N–H and O–H groups in total. The molecule has 3 aromatic rings. The standard InChI is InChI=1S/C23H17BrN4O4/c1-12-5-19-21(23(29)28(12)10-13-3-2-4-27-9-13)20(15(8-25)22(26)32-19)14-6-17-18(7-16(14)24)31-11-30-17/h2-7,9,20H,10-11,26H2,1H3. The van der Waals surface area contributed by atoms with Crippen LogP contribution in [0.4, 0.5) is 0 Å². The molecule has 1 aromatic carbocycles. The van der Waals surface area contributed by atoms with Gasteiger partial charge in [-0.25, -0.2) is 0 Å². The summed E-state index contributed by atoms with van der Waals surface area (Å²) in [5.74, 6) is 0.691. The molecule has 0 aliphatic carbocycles. The van der Waals surface area contributed by atoms with Crippen molar-refractivity contribution >= 4 is 15.9 Å². The Morgan fingerprint density at radius 2 is 2.06 bits per heavy atom. The Kier molecular flexibility index (Phi) is 4.87. The second-order valence-corrected chi connectivity index (χ2v) is 8.32. The van der Waals surface area contributed by atoms with Crippen LogP contribution in [0.1, 0.15) is 28.3 Å². The summed E-state index contributed by atoms with van der Waals surface area (Å²) in [5.41, 5.74) is 8.58. The van der Waals surface area contributed by atoms with Crippen molar-refractivity contribution in [1.29, 1.82) is 5.26 Å². The molecule has 32 heavy (non-hydrogen) atoms. The molecule has 4 heterocycles. The molecule has 9 heteroatoms. The second-order valence-electron chi connectivity index (χ2n) is 7.47. The first-order chi connectivity index (χ1) is 15.5. The maximum absolute atomic E-state index is 13.8. The van der Waals surface area contributed by atoms with Gasteiger partial charge in [0, 0.05) is 28.6 Å². The number of nitriles is 1. The molecule has 2 aliphatic rings. The van der Waals surface area contributed by atoms with E-state index in [4.69, 9.17) is 19.9 Å². The van der Waals surface area contributed by atoms with Crippen molar-refractivity contribution in [3.8, 4) is 23.3 Å². The zero-order chi connectivity index (χ0) is 22.4. The molecule has 0 radical (unpaired) electrons. The van der Waals surface area contributed by atoms with E-state index in [1.165, 1.54) is 0 Å². The fraction of sp³-hybridized carbons (Fsp3) is 0.174. The number of fused-ring (bicyclic) bond motifs is 2. The van der Waals surface area contributed by atoms with Crippen molar-refractivity contribution in [3.05, 3.63) is 91.4 Å². The summed E-state index contributed by atoms with van der Waals surface area (Å²) in [6.07, 6.45) is 3.39. The van der Waals surface area contributed by atoms with E-state index in [9.17, 15) is 10.1 Å². The van der Waals surface area contributed by atoms with Crippen LogP contribution in [0.2, 0.25) is 0 Å². The molecule has 0 saturated carbocycles. The fourth-order valence-corrected chi connectivity index (χ4v) is 4.57. The van der Waals surface area contributed by atoms with E-state index in [1.54, 1.807) is 35.2 Å². The molecule has 0 fully saturated rings. The number of aryl methyl sites for hydroxylation is 1. The fourth-order valence-electron chi connectivity index (χ4n) is 4.02. The predicted octanol–water partition coefficient (Wildman–Crippen LogP) is 3.31. The van der Waals surface area contributed by atoms with Crippen LogP contribution in [0.15, 0.2) is 63.4 Å². The molecule has 5 rings (SSSR count). The van der Waals surface area contributed by atoms with E-state index in [2.05, 4.69) is 27.0 Å². The van der Waals surface area contributed by atoms with E-state index in [0.717, 1.165) is 5.56 Å². The van der Waals surface area contributed by atoms with Crippen molar-refractivity contribution in [2.24, 2.45) is 5.73 Å². The smallest absolute Gasteiger partial charge is 0.259 e. The maximum Gasteiger partial charge on any atom is 0.259 e. The third-order valence-electron chi connectivity index (χ3n) is 5.56. The number of nitrogens with two attached hydrogens (primary N) is 1. The van der Waals surface area contributed by atoms with Gasteiger partial charge in [-0.2, -0.15) is 5.26 Å². The lowest BCUT2D eigenvalue weighted by atomic mass is 9.83. The van der Waals surface area contributed by atoms with Gasteiger partial charge in [-0.15, -0.1) is 0 Å². The van der Waals surface area contributed by atoms with Crippen LogP contribution in [0, 0.1) is 18.3 Å². The first-order valence-corrected chi connectivity index (χ1v) is 10.6. The van der Waals surface area contributed by atoms with E-state index in [-0.39, 0.29) is 23.8 Å². The van der Waals surface area contributed by atoms with Gasteiger partial charge in [0.25, 0.3) is 5.56 Å². The highest BCUT2D eigenvalue weighted by atomic mass is 79.9. The molecule has 1 atom stereocenters. The van der Waals surface area contributed by atoms with Crippen molar-refractivity contribution in [2.45, 2.75) is 19.4 Å². The van der Waals surface area contributed by atoms with Gasteiger partial charge in [0.2, 0.25) is 12.7 Å². The maximum atomic E-state index is 13.8. The Morgan fingerprint density at radius 1 is 1.28 bits per heavy atom. The number of aromatic nitrogens is 2. The summed E-state index contributed by atoms with van der Waals surface area (Å²) < 4.78 is 19.0. The third kappa shape index (κ3) is 3.20. The number of allylic oxidation sites excluding steroid dienone is 1. The molecule has 2 aromatic heterocycles. The summed E-state index contributed by atoms with van der Waals surface area (Å²) in [5, 5.41) is 9.90. The number of pyridine rings is 2. The topological polar surface area (TPSA) is 112 Å². The molecule has 0 saturated heterocycles. The predicted molar refractivity (Wildman–Crippen MR) is 118 cm³/mol. The molecular weight excluding hydrogens is 476 g/mol. The highest BCUT2D eigenvalue weighted by Crippen LogP contribution is 2.46. The van der Waals surface area contributed by atoms with Gasteiger partial charge >= 0.3 is 0 Å². The summed E-state index contributed by atoms with van der Waals surface area (Å²) in [6, 6.07) is 11.1. The summed E-state index contributed by atoms with van der Waals surface area (Å²) in [4.78, 5) is 17.9. The Balaban J connectivity index is 1.73. The molecule has 1 unspecified atom stereocenters. The van der Waals surface area contributed by atoms with Crippen LogP contribution in [-0.4, -0.2) is 16.3 Å². The zero-order valence-electron chi connectivity index (χ0n) is 17.0. The number of hydrogen-bond donors (Lipinski definition) is 1. The number of benzene rings is 1. The third-order valence-corrected chi connectivity index (χ3v) is 6.24. The van der Waals surface area contributed by atoms with E-state index in [0.29, 0.717) is 45.1 Å². The Hall–Kier alpha value is -3.77. The summed E-state index contributed by atoms with van der Waals surface area (Å²) in [6.45, 7) is 2.27. The van der Waals surface area contributed by atoms with E-state index < -0.39 is 5.92 Å². The second kappa shape index (κ2) is 7.73. The van der Waals surface area contributed by atoms with Gasteiger partial charge in [0.15, 0.2) is 11.5 Å². The van der Waals surface area contributed by atoms with Gasteiger partial charge < -0.3 is 24.5 Å². The number of nitrogens with zero attached hydrogens (tertiary/aromatic N) is 3. The van der Waals surface area contributed by atoms with Gasteiger partial charge in [-0.1, -0.05) is 22.0 Å². The van der Waals surface area contributed by atoms with Crippen LogP contribution >= 0.6 is 15.9 Å². The van der Waals surface area contributed by atoms with Crippen molar-refractivity contribution in [1.82, 2.24) is 9.55 Å². The Bertz CT molecular complexity index is 1380. The number of halogens is 1. The van der Waals surface area contributed by atoms with Gasteiger partial charge in [0.05, 0.1) is 18.0 Å². The van der Waals surface area contributed by atoms with E-state index >= 15 is 0 Å². The molecule has 8 nitrogen and oxygen atoms in total. The van der Waals surface area contributed by atoms with Crippen LogP contribution in [0.5, 0.6) is 17.2 Å². The van der Waals surface area contributed by atoms with Gasteiger partial charge in [0.1, 0.15) is 17.4 Å². The summed E-state index contributed by atoms with van der Waals surface area (Å²) in [7, 11) is 0. The largest absolute Gasteiger partial charge is 0.454 e. The first kappa shape index (κ1) is 20.2. The highest BCUT2D eigenvalue weighted by Gasteiger charge is 2.36.